The molecule has 0 atom stereocenters. The normalized spacial score (nSPS) is 17.1. The van der Waals surface area contributed by atoms with Gasteiger partial charge < -0.3 is 15.0 Å². The molecule has 9 nitrogen and oxygen atoms in total. The maximum Gasteiger partial charge on any atom is 0.271 e. The Bertz CT molecular complexity index is 971. The molecule has 0 saturated carbocycles. The summed E-state index contributed by atoms with van der Waals surface area (Å²) < 4.78 is 5.93. The topological polar surface area (TPSA) is 105 Å². The summed E-state index contributed by atoms with van der Waals surface area (Å²) in [5.74, 6) is 0.164. The lowest BCUT2D eigenvalue weighted by Gasteiger charge is -2.34. The Labute approximate surface area is 195 Å². The predicted molar refractivity (Wildman–Crippen MR) is 122 cm³/mol. The van der Waals surface area contributed by atoms with Gasteiger partial charge in [0, 0.05) is 63.2 Å². The summed E-state index contributed by atoms with van der Waals surface area (Å²) in [6.07, 6.45) is 2.63. The highest BCUT2D eigenvalue weighted by Gasteiger charge is 2.23. The van der Waals surface area contributed by atoms with Gasteiger partial charge in [0.15, 0.2) is 0 Å². The Morgan fingerprint density at radius 2 is 1.91 bits per heavy atom. The molecule has 1 N–H and O–H groups in total. The van der Waals surface area contributed by atoms with Crippen molar-refractivity contribution in [3.05, 3.63) is 55.8 Å². The number of nitrogens with zero attached hydrogens (tertiary/aromatic N) is 3. The number of anilines is 1. The molecule has 1 aromatic rings. The van der Waals surface area contributed by atoms with E-state index in [4.69, 9.17) is 27.9 Å². The Balaban J connectivity index is 1.62. The number of nitro groups is 1. The van der Waals surface area contributed by atoms with Crippen molar-refractivity contribution in [1.82, 2.24) is 9.80 Å². The average Bonchev–Trinajstić information content (AvgIpc) is 2.76. The largest absolute Gasteiger partial charge is 0.496 e. The molecule has 0 radical (unpaired) electrons. The number of hydrogen-bond acceptors (Lipinski definition) is 6. The summed E-state index contributed by atoms with van der Waals surface area (Å²) in [5.41, 5.74) is 0.394. The minimum Gasteiger partial charge on any atom is -0.496 e. The predicted octanol–water partition coefficient (Wildman–Crippen LogP) is 3.54. The maximum absolute atomic E-state index is 12.9. The zero-order chi connectivity index (χ0) is 23.3. The number of carbonyl (C=O) groups is 2. The molecule has 172 valence electrons. The first-order chi connectivity index (χ1) is 15.2. The molecule has 1 heterocycles. The van der Waals surface area contributed by atoms with Crippen molar-refractivity contribution >= 4 is 46.4 Å². The van der Waals surface area contributed by atoms with E-state index in [-0.39, 0.29) is 22.3 Å². The van der Waals surface area contributed by atoms with Crippen molar-refractivity contribution in [3.63, 3.8) is 0 Å². The van der Waals surface area contributed by atoms with E-state index in [0.717, 1.165) is 13.1 Å². The molecule has 32 heavy (non-hydrogen) atoms. The van der Waals surface area contributed by atoms with Gasteiger partial charge in [-0.1, -0.05) is 23.2 Å². The number of rotatable bonds is 7. The van der Waals surface area contributed by atoms with Gasteiger partial charge in [-0.2, -0.15) is 0 Å². The lowest BCUT2D eigenvalue weighted by Crippen LogP contribution is -2.48. The highest BCUT2D eigenvalue weighted by Crippen LogP contribution is 2.30. The van der Waals surface area contributed by atoms with Gasteiger partial charge in [-0.15, -0.1) is 0 Å². The fourth-order valence-electron chi connectivity index (χ4n) is 3.51. The Kier molecular flexibility index (Phi) is 8.11. The van der Waals surface area contributed by atoms with Crippen LogP contribution in [0.1, 0.15) is 19.8 Å². The summed E-state index contributed by atoms with van der Waals surface area (Å²) in [4.78, 5) is 38.6. The van der Waals surface area contributed by atoms with Crippen LogP contribution in [0.3, 0.4) is 0 Å². The molecule has 0 aromatic heterocycles. The zero-order valence-electron chi connectivity index (χ0n) is 17.6. The third kappa shape index (κ3) is 6.21. The summed E-state index contributed by atoms with van der Waals surface area (Å²) in [6.45, 7) is 5.59. The van der Waals surface area contributed by atoms with E-state index in [2.05, 4.69) is 10.2 Å². The molecule has 3 rings (SSSR count). The van der Waals surface area contributed by atoms with Crippen molar-refractivity contribution in [2.45, 2.75) is 19.8 Å². The minimum absolute atomic E-state index is 0.0613. The molecule has 1 aromatic carbocycles. The second-order valence-corrected chi connectivity index (χ2v) is 8.39. The van der Waals surface area contributed by atoms with Crippen LogP contribution in [0.4, 0.5) is 11.4 Å². The van der Waals surface area contributed by atoms with Gasteiger partial charge in [0.25, 0.3) is 11.6 Å². The van der Waals surface area contributed by atoms with E-state index in [9.17, 15) is 19.7 Å². The van der Waals surface area contributed by atoms with Crippen LogP contribution in [-0.2, 0) is 14.3 Å². The second-order valence-electron chi connectivity index (χ2n) is 7.50. The van der Waals surface area contributed by atoms with Crippen molar-refractivity contribution in [2.75, 3.05) is 44.6 Å². The van der Waals surface area contributed by atoms with Gasteiger partial charge in [-0.05, 0) is 18.6 Å². The summed E-state index contributed by atoms with van der Waals surface area (Å²) in [5, 5.41) is 14.1. The average molecular weight is 483 g/mol. The van der Waals surface area contributed by atoms with E-state index in [1.807, 2.05) is 4.90 Å². The number of non-ortho nitro benzene ring substituents is 1. The van der Waals surface area contributed by atoms with Gasteiger partial charge in [-0.25, -0.2) is 0 Å². The smallest absolute Gasteiger partial charge is 0.271 e. The molecular weight excluding hydrogens is 459 g/mol. The van der Waals surface area contributed by atoms with Crippen LogP contribution in [0.25, 0.3) is 0 Å². The summed E-state index contributed by atoms with van der Waals surface area (Å²) >= 11 is 12.2. The van der Waals surface area contributed by atoms with Gasteiger partial charge in [0.1, 0.15) is 12.4 Å². The Hall–Kier alpha value is -2.62. The van der Waals surface area contributed by atoms with Crippen molar-refractivity contribution in [1.29, 1.82) is 0 Å². The molecule has 0 spiro atoms. The van der Waals surface area contributed by atoms with Crippen LogP contribution in [-0.4, -0.2) is 65.9 Å². The summed E-state index contributed by atoms with van der Waals surface area (Å²) in [7, 11) is 0. The van der Waals surface area contributed by atoms with Crippen LogP contribution in [0.5, 0.6) is 0 Å². The van der Waals surface area contributed by atoms with Gasteiger partial charge in [-0.3, -0.25) is 24.6 Å². The zero-order valence-corrected chi connectivity index (χ0v) is 19.1. The fourth-order valence-corrected chi connectivity index (χ4v) is 3.94. The quantitative estimate of drug-likeness (QED) is 0.470. The molecule has 1 aliphatic heterocycles. The van der Waals surface area contributed by atoms with Crippen LogP contribution < -0.4 is 5.32 Å². The lowest BCUT2D eigenvalue weighted by molar-refractivity contribution is -0.384. The number of nitrogens with one attached hydrogen (secondary N) is 1. The van der Waals surface area contributed by atoms with Gasteiger partial charge in [0.05, 0.1) is 21.2 Å². The van der Waals surface area contributed by atoms with Crippen LogP contribution in [0.2, 0.25) is 5.02 Å². The lowest BCUT2D eigenvalue weighted by atomic mass is 10.0. The first-order valence-electron chi connectivity index (χ1n) is 10.2. The maximum atomic E-state index is 12.9. The van der Waals surface area contributed by atoms with E-state index >= 15 is 0 Å². The van der Waals surface area contributed by atoms with Crippen molar-refractivity contribution in [2.24, 2.45) is 0 Å². The standard InChI is InChI=1S/C21H24Cl2N4O5/c1-14(28)26-8-6-25(7-9-26)10-11-32-20-5-2-15(22)12-17(20)21(29)24-19-4-3-16(27(30)31)13-18(19)23/h3-4,12-13H,2,5-11H2,1H3,(H,24,29). The fraction of sp³-hybridized carbons (Fsp3) is 0.429. The molecular formula is C21H24Cl2N4O5. The molecule has 1 aliphatic carbocycles. The Morgan fingerprint density at radius 1 is 1.19 bits per heavy atom. The molecule has 0 unspecified atom stereocenters. The summed E-state index contributed by atoms with van der Waals surface area (Å²) in [6, 6.07) is 3.83. The van der Waals surface area contributed by atoms with E-state index < -0.39 is 10.8 Å². The molecule has 2 amide bonds. The third-order valence-corrected chi connectivity index (χ3v) is 5.96. The van der Waals surface area contributed by atoms with Crippen LogP contribution in [0.15, 0.2) is 40.6 Å². The Morgan fingerprint density at radius 3 is 2.53 bits per heavy atom. The van der Waals surface area contributed by atoms with Crippen molar-refractivity contribution < 1.29 is 19.2 Å². The van der Waals surface area contributed by atoms with Gasteiger partial charge >= 0.3 is 0 Å². The van der Waals surface area contributed by atoms with E-state index in [0.29, 0.717) is 55.4 Å². The highest BCUT2D eigenvalue weighted by atomic mass is 35.5. The number of halogens is 2. The molecule has 0 bridgehead atoms. The van der Waals surface area contributed by atoms with E-state index in [1.54, 1.807) is 13.0 Å². The third-order valence-electron chi connectivity index (χ3n) is 5.35. The number of carbonyl (C=O) groups excluding carboxylic acids is 2. The van der Waals surface area contributed by atoms with Crippen LogP contribution in [0, 0.1) is 10.1 Å². The number of allylic oxidation sites excluding steroid dienone is 2. The SMILES string of the molecule is CC(=O)N1CCN(CCOC2=C(C(=O)Nc3ccc([N+](=O)[O-])cc3Cl)C=C(Cl)CC2)CC1. The number of hydrogen-bond donors (Lipinski definition) is 1. The van der Waals surface area contributed by atoms with Crippen molar-refractivity contribution in [3.8, 4) is 0 Å². The molecule has 1 saturated heterocycles. The van der Waals surface area contributed by atoms with E-state index in [1.165, 1.54) is 18.2 Å². The minimum atomic E-state index is -0.560. The first-order valence-corrected chi connectivity index (χ1v) is 11.0. The first kappa shape index (κ1) is 24.0. The monoisotopic (exact) mass is 482 g/mol. The molecule has 2 aliphatic rings. The number of amides is 2. The number of nitro benzene ring substituents is 1. The highest BCUT2D eigenvalue weighted by molar-refractivity contribution is 6.34. The van der Waals surface area contributed by atoms with Gasteiger partial charge in [0.2, 0.25) is 5.91 Å². The number of piperazine rings is 1. The number of benzene rings is 1. The second kappa shape index (κ2) is 10.8. The number of ether oxygens (including phenoxy) is 1. The molecule has 1 fully saturated rings. The molecule has 11 heteroatoms. The van der Waals surface area contributed by atoms with Crippen LogP contribution >= 0.6 is 23.2 Å².